The van der Waals surface area contributed by atoms with Crippen LogP contribution >= 0.6 is 0 Å². The maximum atomic E-state index is 13.5. The van der Waals surface area contributed by atoms with Crippen LogP contribution in [0.3, 0.4) is 0 Å². The third-order valence-electron chi connectivity index (χ3n) is 6.27. The molecule has 0 bridgehead atoms. The van der Waals surface area contributed by atoms with Gasteiger partial charge in [-0.1, -0.05) is 60.7 Å². The number of carbonyl (C=O) groups is 2. The van der Waals surface area contributed by atoms with Crippen LogP contribution in [0.15, 0.2) is 78.9 Å². The zero-order valence-electron chi connectivity index (χ0n) is 22.4. The molecule has 196 valence electrons. The number of benzene rings is 3. The lowest BCUT2D eigenvalue weighted by Gasteiger charge is -2.27. The molecule has 0 atom stereocenters. The summed E-state index contributed by atoms with van der Waals surface area (Å²) in [5.74, 6) is 0.766. The number of anilines is 2. The van der Waals surface area contributed by atoms with Gasteiger partial charge in [-0.15, -0.1) is 0 Å². The lowest BCUT2D eigenvalue weighted by molar-refractivity contribution is -0.117. The number of para-hydroxylation sites is 3. The van der Waals surface area contributed by atoms with Crippen molar-refractivity contribution < 1.29 is 14.3 Å². The first kappa shape index (κ1) is 26.5. The molecule has 1 aromatic heterocycles. The number of hydrogen-bond acceptors (Lipinski definition) is 4. The molecule has 3 aromatic carbocycles. The van der Waals surface area contributed by atoms with Gasteiger partial charge in [-0.05, 0) is 57.0 Å². The first-order chi connectivity index (χ1) is 18.3. The van der Waals surface area contributed by atoms with E-state index in [1.807, 2.05) is 94.4 Å². The third kappa shape index (κ3) is 5.70. The van der Waals surface area contributed by atoms with Gasteiger partial charge < -0.3 is 20.3 Å². The summed E-state index contributed by atoms with van der Waals surface area (Å²) in [6, 6.07) is 24.2. The Morgan fingerprint density at radius 3 is 2.26 bits per heavy atom. The molecule has 8 nitrogen and oxygen atoms in total. The quantitative estimate of drug-likeness (QED) is 0.302. The van der Waals surface area contributed by atoms with Gasteiger partial charge in [0.25, 0.3) is 0 Å². The van der Waals surface area contributed by atoms with Crippen LogP contribution in [0, 0.1) is 13.8 Å². The van der Waals surface area contributed by atoms with E-state index in [1.165, 1.54) is 4.90 Å². The second kappa shape index (κ2) is 11.6. The predicted octanol–water partition coefficient (Wildman–Crippen LogP) is 6.05. The minimum absolute atomic E-state index is 0.148. The van der Waals surface area contributed by atoms with Gasteiger partial charge >= 0.3 is 6.03 Å². The average Bonchev–Trinajstić information content (AvgIpc) is 3.23. The van der Waals surface area contributed by atoms with Gasteiger partial charge in [-0.2, -0.15) is 5.10 Å². The fourth-order valence-electron chi connectivity index (χ4n) is 4.32. The third-order valence-corrected chi connectivity index (χ3v) is 6.27. The zero-order chi connectivity index (χ0) is 27.2. The lowest BCUT2D eigenvalue weighted by Crippen LogP contribution is -2.44. The van der Waals surface area contributed by atoms with Crippen LogP contribution < -0.4 is 15.4 Å². The van der Waals surface area contributed by atoms with Crippen molar-refractivity contribution in [3.05, 3.63) is 90.1 Å². The Kier molecular flexibility index (Phi) is 8.11. The molecule has 0 aliphatic carbocycles. The maximum Gasteiger partial charge on any atom is 0.322 e. The highest BCUT2D eigenvalue weighted by atomic mass is 16.5. The van der Waals surface area contributed by atoms with Gasteiger partial charge in [0.15, 0.2) is 0 Å². The highest BCUT2D eigenvalue weighted by molar-refractivity contribution is 5.99. The number of urea groups is 1. The molecule has 0 spiro atoms. The Morgan fingerprint density at radius 2 is 1.58 bits per heavy atom. The molecular formula is C30H33N5O3. The number of ether oxygens (including phenoxy) is 1. The Labute approximate surface area is 223 Å². The van der Waals surface area contributed by atoms with E-state index in [4.69, 9.17) is 9.84 Å². The highest BCUT2D eigenvalue weighted by Gasteiger charge is 2.25. The van der Waals surface area contributed by atoms with Crippen LogP contribution in [0.1, 0.15) is 25.1 Å². The van der Waals surface area contributed by atoms with E-state index in [2.05, 4.69) is 10.6 Å². The average molecular weight is 512 g/mol. The summed E-state index contributed by atoms with van der Waals surface area (Å²) in [4.78, 5) is 28.1. The van der Waals surface area contributed by atoms with Crippen LogP contribution in [-0.4, -0.2) is 46.3 Å². The van der Waals surface area contributed by atoms with Crippen LogP contribution in [0.25, 0.3) is 16.8 Å². The Bertz CT molecular complexity index is 1430. The molecule has 8 heteroatoms. The predicted molar refractivity (Wildman–Crippen MR) is 151 cm³/mol. The number of aromatic nitrogens is 2. The van der Waals surface area contributed by atoms with E-state index in [0.29, 0.717) is 17.3 Å². The number of nitrogens with zero attached hydrogens (tertiary/aromatic N) is 3. The number of amides is 3. The van der Waals surface area contributed by atoms with Crippen molar-refractivity contribution in [3.8, 4) is 22.6 Å². The summed E-state index contributed by atoms with van der Waals surface area (Å²) in [6.07, 6.45) is 0. The summed E-state index contributed by atoms with van der Waals surface area (Å²) in [5.41, 5.74) is 4.97. The molecule has 38 heavy (non-hydrogen) atoms. The van der Waals surface area contributed by atoms with E-state index in [9.17, 15) is 9.59 Å². The molecule has 0 aliphatic heterocycles. The van der Waals surface area contributed by atoms with Crippen LogP contribution in [-0.2, 0) is 4.79 Å². The molecule has 0 saturated carbocycles. The van der Waals surface area contributed by atoms with Crippen molar-refractivity contribution >= 4 is 23.4 Å². The molecule has 0 saturated heterocycles. The van der Waals surface area contributed by atoms with Crippen LogP contribution in [0.5, 0.6) is 5.75 Å². The van der Waals surface area contributed by atoms with Gasteiger partial charge in [-0.25, -0.2) is 9.48 Å². The SMILES string of the molecule is COc1ccccc1NC(=O)N(CC(=O)Nc1c(-c2ccccc2)c(C)nn1-c1ccccc1C)C(C)C. The molecule has 2 N–H and O–H groups in total. The summed E-state index contributed by atoms with van der Waals surface area (Å²) < 4.78 is 7.11. The fraction of sp³-hybridized carbons (Fsp3) is 0.233. The summed E-state index contributed by atoms with van der Waals surface area (Å²) >= 11 is 0. The lowest BCUT2D eigenvalue weighted by atomic mass is 10.1. The van der Waals surface area contributed by atoms with Crippen LogP contribution in [0.4, 0.5) is 16.3 Å². The molecule has 0 unspecified atom stereocenters. The normalized spacial score (nSPS) is 10.8. The molecule has 0 fully saturated rings. The first-order valence-corrected chi connectivity index (χ1v) is 12.5. The van der Waals surface area contributed by atoms with Crippen LogP contribution in [0.2, 0.25) is 0 Å². The van der Waals surface area contributed by atoms with Gasteiger partial charge in [0, 0.05) is 11.6 Å². The fourth-order valence-corrected chi connectivity index (χ4v) is 4.32. The minimum Gasteiger partial charge on any atom is -0.495 e. The van der Waals surface area contributed by atoms with Crippen molar-refractivity contribution in [1.82, 2.24) is 14.7 Å². The minimum atomic E-state index is -0.397. The number of nitrogens with one attached hydrogen (secondary N) is 2. The number of aryl methyl sites for hydroxylation is 2. The topological polar surface area (TPSA) is 88.5 Å². The number of hydrogen-bond donors (Lipinski definition) is 2. The summed E-state index contributed by atoms with van der Waals surface area (Å²) in [7, 11) is 1.54. The van der Waals surface area contributed by atoms with Crippen molar-refractivity contribution in [2.75, 3.05) is 24.3 Å². The van der Waals surface area contributed by atoms with E-state index in [0.717, 1.165) is 28.1 Å². The Hall–Kier alpha value is -4.59. The molecule has 3 amide bonds. The highest BCUT2D eigenvalue weighted by Crippen LogP contribution is 2.34. The van der Waals surface area contributed by atoms with Crippen molar-refractivity contribution in [2.24, 2.45) is 0 Å². The monoisotopic (exact) mass is 511 g/mol. The van der Waals surface area contributed by atoms with Gasteiger partial charge in [0.2, 0.25) is 5.91 Å². The summed E-state index contributed by atoms with van der Waals surface area (Å²) in [6.45, 7) is 7.51. The molecule has 4 rings (SSSR count). The largest absolute Gasteiger partial charge is 0.495 e. The van der Waals surface area contributed by atoms with E-state index in [-0.39, 0.29) is 18.5 Å². The molecular weight excluding hydrogens is 478 g/mol. The van der Waals surface area contributed by atoms with E-state index < -0.39 is 6.03 Å². The number of carbonyl (C=O) groups excluding carboxylic acids is 2. The second-order valence-corrected chi connectivity index (χ2v) is 9.27. The number of methoxy groups -OCH3 is 1. The van der Waals surface area contributed by atoms with E-state index in [1.54, 1.807) is 23.9 Å². The maximum absolute atomic E-state index is 13.5. The van der Waals surface area contributed by atoms with Crippen molar-refractivity contribution in [3.63, 3.8) is 0 Å². The zero-order valence-corrected chi connectivity index (χ0v) is 22.4. The molecule has 4 aromatic rings. The Morgan fingerprint density at radius 1 is 0.921 bits per heavy atom. The van der Waals surface area contributed by atoms with Gasteiger partial charge in [0.05, 0.1) is 24.2 Å². The summed E-state index contributed by atoms with van der Waals surface area (Å²) in [5, 5.41) is 10.7. The standard InChI is InChI=1S/C30H33N5O3/c1-20(2)34(30(37)31-24-16-10-12-18-26(24)38-5)19-27(36)32-29-28(23-14-7-6-8-15-23)22(4)33-35(29)25-17-11-9-13-21(25)3/h6-18,20H,19H2,1-5H3,(H,31,37)(H,32,36). The first-order valence-electron chi connectivity index (χ1n) is 12.5. The molecule has 0 aliphatic rings. The number of rotatable bonds is 8. The molecule has 0 radical (unpaired) electrons. The smallest absolute Gasteiger partial charge is 0.322 e. The van der Waals surface area contributed by atoms with Gasteiger partial charge in [0.1, 0.15) is 18.1 Å². The Balaban J connectivity index is 1.65. The second-order valence-electron chi connectivity index (χ2n) is 9.27. The molecule has 1 heterocycles. The van der Waals surface area contributed by atoms with Crippen molar-refractivity contribution in [2.45, 2.75) is 33.7 Å². The van der Waals surface area contributed by atoms with Gasteiger partial charge in [-0.3, -0.25) is 4.79 Å². The van der Waals surface area contributed by atoms with E-state index >= 15 is 0 Å². The van der Waals surface area contributed by atoms with Crippen molar-refractivity contribution in [1.29, 1.82) is 0 Å².